The molecule has 4 unspecified atom stereocenters. The number of benzene rings is 3. The van der Waals surface area contributed by atoms with Crippen LogP contribution in [0.15, 0.2) is 94.2 Å². The van der Waals surface area contributed by atoms with Gasteiger partial charge in [0.25, 0.3) is 5.56 Å². The highest BCUT2D eigenvalue weighted by Gasteiger charge is 2.46. The summed E-state index contributed by atoms with van der Waals surface area (Å²) in [6.07, 6.45) is 0.994. The Balaban J connectivity index is 1.67. The number of aromatic nitrogens is 2. The van der Waals surface area contributed by atoms with Crippen molar-refractivity contribution < 1.29 is 4.79 Å². The molecule has 178 valence electrons. The third-order valence-corrected chi connectivity index (χ3v) is 7.52. The summed E-state index contributed by atoms with van der Waals surface area (Å²) in [4.78, 5) is 26.5. The maximum atomic E-state index is 13.9. The Hall–Kier alpha value is -3.42. The summed E-state index contributed by atoms with van der Waals surface area (Å²) in [6.45, 7) is 4.01. The molecule has 5 rings (SSSR count). The zero-order chi connectivity index (χ0) is 24.5. The number of anilines is 1. The normalized spacial score (nSPS) is 20.7. The van der Waals surface area contributed by atoms with Crippen LogP contribution in [0.25, 0.3) is 5.69 Å². The van der Waals surface area contributed by atoms with Crippen LogP contribution in [0.2, 0.25) is 0 Å². The molecule has 0 radical (unpaired) electrons. The van der Waals surface area contributed by atoms with E-state index in [9.17, 15) is 9.59 Å². The number of halogens is 1. The van der Waals surface area contributed by atoms with E-state index in [1.165, 1.54) is 0 Å². The van der Waals surface area contributed by atoms with Gasteiger partial charge < -0.3 is 4.79 Å². The van der Waals surface area contributed by atoms with Crippen molar-refractivity contribution >= 4 is 27.9 Å². The van der Waals surface area contributed by atoms with Crippen molar-refractivity contribution in [1.82, 2.24) is 15.2 Å². The molecule has 2 heterocycles. The molecule has 7 heteroatoms. The van der Waals surface area contributed by atoms with Crippen molar-refractivity contribution in [3.8, 4) is 5.69 Å². The summed E-state index contributed by atoms with van der Waals surface area (Å²) in [7, 11) is 0. The fraction of sp³-hybridized carbons (Fsp3) is 0.214. The van der Waals surface area contributed by atoms with Gasteiger partial charge in [-0.25, -0.2) is 10.1 Å². The van der Waals surface area contributed by atoms with Crippen molar-refractivity contribution in [3.05, 3.63) is 117 Å². The van der Waals surface area contributed by atoms with Gasteiger partial charge in [-0.1, -0.05) is 60.7 Å². The zero-order valence-corrected chi connectivity index (χ0v) is 21.1. The molecule has 4 atom stereocenters. The van der Waals surface area contributed by atoms with E-state index in [-0.39, 0.29) is 23.4 Å². The molecule has 1 fully saturated rings. The van der Waals surface area contributed by atoms with Crippen LogP contribution in [0.3, 0.4) is 0 Å². The van der Waals surface area contributed by atoms with Gasteiger partial charge in [-0.3, -0.25) is 14.9 Å². The van der Waals surface area contributed by atoms with Gasteiger partial charge in [0.2, 0.25) is 0 Å². The standard InChI is InChI=1S/C28H27BrN4O2/c1-18-25(24(17-34)33(31-18)23-16-10-9-15-22(23)29)27(20-11-5-3-6-12-20)26-19(2)30-32(28(26)35)21-13-7-4-8-14-21/h3-18,24-25,27,30-31H,1-2H3. The highest BCUT2D eigenvalue weighted by molar-refractivity contribution is 9.10. The van der Waals surface area contributed by atoms with Crippen molar-refractivity contribution in [1.29, 1.82) is 0 Å². The van der Waals surface area contributed by atoms with Gasteiger partial charge in [-0.15, -0.1) is 0 Å². The van der Waals surface area contributed by atoms with E-state index in [4.69, 9.17) is 0 Å². The van der Waals surface area contributed by atoms with Gasteiger partial charge in [-0.05, 0) is 59.6 Å². The largest absolute Gasteiger partial charge is 0.301 e. The molecule has 0 aliphatic carbocycles. The Morgan fingerprint density at radius 1 is 0.943 bits per heavy atom. The van der Waals surface area contributed by atoms with Gasteiger partial charge in [0.1, 0.15) is 12.3 Å². The molecular weight excluding hydrogens is 504 g/mol. The molecular formula is C28H27BrN4O2. The molecule has 6 nitrogen and oxygen atoms in total. The summed E-state index contributed by atoms with van der Waals surface area (Å²) in [5.74, 6) is -0.483. The van der Waals surface area contributed by atoms with Crippen LogP contribution in [-0.2, 0) is 4.79 Å². The summed E-state index contributed by atoms with van der Waals surface area (Å²) in [6, 6.07) is 26.8. The molecule has 0 amide bonds. The van der Waals surface area contributed by atoms with Crippen LogP contribution in [0.5, 0.6) is 0 Å². The molecule has 35 heavy (non-hydrogen) atoms. The fourth-order valence-electron chi connectivity index (χ4n) is 5.30. The number of para-hydroxylation sites is 2. The van der Waals surface area contributed by atoms with Crippen molar-refractivity contribution in [2.75, 3.05) is 5.01 Å². The molecule has 1 saturated heterocycles. The molecule has 3 aromatic carbocycles. The molecule has 1 aliphatic rings. The zero-order valence-electron chi connectivity index (χ0n) is 19.6. The SMILES string of the molecule is Cc1[nH]n(-c2ccccc2)c(=O)c1C(c1ccccc1)C1C(C)NN(c2ccccc2Br)C1C=O. The lowest BCUT2D eigenvalue weighted by molar-refractivity contribution is -0.109. The minimum Gasteiger partial charge on any atom is -0.301 e. The fourth-order valence-corrected chi connectivity index (χ4v) is 5.78. The Morgan fingerprint density at radius 2 is 1.57 bits per heavy atom. The Bertz CT molecular complexity index is 1380. The number of nitrogens with one attached hydrogen (secondary N) is 2. The van der Waals surface area contributed by atoms with Crippen LogP contribution in [-0.4, -0.2) is 28.2 Å². The summed E-state index contributed by atoms with van der Waals surface area (Å²) >= 11 is 3.63. The van der Waals surface area contributed by atoms with Crippen LogP contribution in [0.1, 0.15) is 29.7 Å². The Morgan fingerprint density at radius 3 is 2.23 bits per heavy atom. The van der Waals surface area contributed by atoms with Gasteiger partial charge in [0.15, 0.2) is 0 Å². The number of hydrogen-bond donors (Lipinski definition) is 2. The summed E-state index contributed by atoms with van der Waals surface area (Å²) in [5, 5.41) is 5.21. The number of H-pyrrole nitrogens is 1. The minimum atomic E-state index is -0.479. The Kier molecular flexibility index (Phi) is 6.45. The molecule has 0 saturated carbocycles. The average Bonchev–Trinajstić information content (AvgIpc) is 3.37. The smallest absolute Gasteiger partial charge is 0.275 e. The third-order valence-electron chi connectivity index (χ3n) is 6.85. The van der Waals surface area contributed by atoms with Gasteiger partial charge in [0.05, 0.1) is 11.4 Å². The molecule has 0 spiro atoms. The maximum absolute atomic E-state index is 13.9. The number of nitrogens with zero attached hydrogens (tertiary/aromatic N) is 2. The number of aldehydes is 1. The maximum Gasteiger partial charge on any atom is 0.275 e. The van der Waals surface area contributed by atoms with E-state index in [1.807, 2.05) is 96.9 Å². The number of rotatable bonds is 6. The second-order valence-corrected chi connectivity index (χ2v) is 9.81. The number of hydrogen-bond acceptors (Lipinski definition) is 4. The number of carbonyl (C=O) groups is 1. The first kappa shape index (κ1) is 23.3. The van der Waals surface area contributed by atoms with E-state index in [0.717, 1.165) is 33.4 Å². The highest BCUT2D eigenvalue weighted by Crippen LogP contribution is 2.42. The minimum absolute atomic E-state index is 0.0682. The average molecular weight is 531 g/mol. The molecule has 2 N–H and O–H groups in total. The van der Waals surface area contributed by atoms with Gasteiger partial charge >= 0.3 is 0 Å². The van der Waals surface area contributed by atoms with Crippen LogP contribution in [0.4, 0.5) is 5.69 Å². The van der Waals surface area contributed by atoms with Crippen molar-refractivity contribution in [2.45, 2.75) is 31.8 Å². The first-order valence-corrected chi connectivity index (χ1v) is 12.5. The van der Waals surface area contributed by atoms with E-state index < -0.39 is 6.04 Å². The quantitative estimate of drug-likeness (QED) is 0.345. The lowest BCUT2D eigenvalue weighted by Crippen LogP contribution is -2.41. The summed E-state index contributed by atoms with van der Waals surface area (Å²) in [5.41, 5.74) is 7.56. The molecule has 0 bridgehead atoms. The monoisotopic (exact) mass is 530 g/mol. The van der Waals surface area contributed by atoms with E-state index in [0.29, 0.717) is 5.56 Å². The predicted octanol–water partition coefficient (Wildman–Crippen LogP) is 4.97. The number of aryl methyl sites for hydroxylation is 1. The first-order valence-electron chi connectivity index (χ1n) is 11.7. The van der Waals surface area contributed by atoms with Crippen molar-refractivity contribution in [3.63, 3.8) is 0 Å². The van der Waals surface area contributed by atoms with E-state index >= 15 is 0 Å². The van der Waals surface area contributed by atoms with E-state index in [1.54, 1.807) is 4.68 Å². The lowest BCUT2D eigenvalue weighted by atomic mass is 9.75. The second kappa shape index (κ2) is 9.68. The highest BCUT2D eigenvalue weighted by atomic mass is 79.9. The van der Waals surface area contributed by atoms with Crippen molar-refractivity contribution in [2.24, 2.45) is 5.92 Å². The number of hydrazine groups is 1. The molecule has 1 aromatic heterocycles. The van der Waals surface area contributed by atoms with Gasteiger partial charge in [0, 0.05) is 33.6 Å². The Labute approximate surface area is 212 Å². The predicted molar refractivity (Wildman–Crippen MR) is 142 cm³/mol. The number of carbonyl (C=O) groups excluding carboxylic acids is 1. The van der Waals surface area contributed by atoms with Crippen LogP contribution >= 0.6 is 15.9 Å². The van der Waals surface area contributed by atoms with Crippen LogP contribution in [0, 0.1) is 12.8 Å². The van der Waals surface area contributed by atoms with Gasteiger partial charge in [-0.2, -0.15) is 0 Å². The number of aromatic amines is 1. The van der Waals surface area contributed by atoms with E-state index in [2.05, 4.69) is 33.4 Å². The second-order valence-electron chi connectivity index (χ2n) is 8.96. The topological polar surface area (TPSA) is 70.1 Å². The summed E-state index contributed by atoms with van der Waals surface area (Å²) < 4.78 is 2.49. The lowest BCUT2D eigenvalue weighted by Gasteiger charge is -2.30. The third kappa shape index (κ3) is 4.15. The molecule has 1 aliphatic heterocycles. The van der Waals surface area contributed by atoms with Crippen LogP contribution < -0.4 is 16.0 Å². The first-order chi connectivity index (χ1) is 17.0. The molecule has 4 aromatic rings.